The lowest BCUT2D eigenvalue weighted by Gasteiger charge is -2.11. The maximum atomic E-state index is 6.58. The molecule has 5 nitrogen and oxygen atoms in total. The molecule has 0 amide bonds. The lowest BCUT2D eigenvalue weighted by molar-refractivity contribution is 0.669. The van der Waals surface area contributed by atoms with Crippen molar-refractivity contribution in [3.05, 3.63) is 164 Å². The van der Waals surface area contributed by atoms with E-state index in [1.165, 1.54) is 0 Å². The van der Waals surface area contributed by atoms with E-state index in [2.05, 4.69) is 97.1 Å². The molecule has 3 heterocycles. The predicted molar refractivity (Wildman–Crippen MR) is 202 cm³/mol. The normalized spacial score (nSPS) is 11.6. The number of rotatable bonds is 5. The Labute approximate surface area is 287 Å². The Kier molecular flexibility index (Phi) is 6.42. The third-order valence-electron chi connectivity index (χ3n) is 9.37. The van der Waals surface area contributed by atoms with Gasteiger partial charge in [-0.1, -0.05) is 127 Å². The Bertz CT molecular complexity index is 2850. The van der Waals surface area contributed by atoms with Gasteiger partial charge in [-0.05, 0) is 53.1 Å². The van der Waals surface area contributed by atoms with E-state index in [1.54, 1.807) is 0 Å². The molecule has 0 fully saturated rings. The molecular formula is C45H27N3O2. The summed E-state index contributed by atoms with van der Waals surface area (Å²) in [5.41, 5.74) is 10.2. The molecule has 0 aliphatic carbocycles. The third-order valence-corrected chi connectivity index (χ3v) is 9.37. The van der Waals surface area contributed by atoms with Crippen LogP contribution in [0.4, 0.5) is 0 Å². The molecule has 0 saturated heterocycles. The van der Waals surface area contributed by atoms with Gasteiger partial charge in [-0.3, -0.25) is 0 Å². The van der Waals surface area contributed by atoms with E-state index < -0.39 is 0 Å². The van der Waals surface area contributed by atoms with Gasteiger partial charge < -0.3 is 8.83 Å². The average molecular weight is 642 g/mol. The first kappa shape index (κ1) is 28.2. The first-order valence-corrected chi connectivity index (χ1v) is 16.6. The Hall–Kier alpha value is -6.85. The summed E-state index contributed by atoms with van der Waals surface area (Å²) in [7, 11) is 0. The van der Waals surface area contributed by atoms with Gasteiger partial charge in [0.05, 0.1) is 0 Å². The summed E-state index contributed by atoms with van der Waals surface area (Å²) in [6, 6.07) is 55.7. The topological polar surface area (TPSA) is 65.0 Å². The van der Waals surface area contributed by atoms with Crippen LogP contribution in [0, 0.1) is 0 Å². The minimum absolute atomic E-state index is 0.563. The Morgan fingerprint density at radius 2 is 0.840 bits per heavy atom. The van der Waals surface area contributed by atoms with Crippen LogP contribution in [0.5, 0.6) is 0 Å². The van der Waals surface area contributed by atoms with Crippen LogP contribution in [-0.4, -0.2) is 15.0 Å². The maximum Gasteiger partial charge on any atom is 0.164 e. The highest BCUT2D eigenvalue weighted by Gasteiger charge is 2.21. The van der Waals surface area contributed by atoms with Crippen molar-refractivity contribution in [1.29, 1.82) is 0 Å². The van der Waals surface area contributed by atoms with Gasteiger partial charge in [-0.15, -0.1) is 0 Å². The number of furan rings is 2. The van der Waals surface area contributed by atoms with Crippen LogP contribution < -0.4 is 0 Å². The van der Waals surface area contributed by atoms with Crippen molar-refractivity contribution in [3.63, 3.8) is 0 Å². The SMILES string of the molecule is c1ccc(-c2ccc(-c3nc(-c4ccc5c(c4)oc4ccccc45)nc(-c4ccc(-c5ccccc5)c5oc6ccccc6c45)n3)cc2)cc1. The number of para-hydroxylation sites is 2. The molecule has 0 spiro atoms. The van der Waals surface area contributed by atoms with Gasteiger partial charge in [0.2, 0.25) is 0 Å². The fourth-order valence-corrected chi connectivity index (χ4v) is 6.92. The first-order chi connectivity index (χ1) is 24.8. The number of fused-ring (bicyclic) bond motifs is 6. The van der Waals surface area contributed by atoms with Crippen LogP contribution in [-0.2, 0) is 0 Å². The van der Waals surface area contributed by atoms with E-state index in [0.29, 0.717) is 17.5 Å². The first-order valence-electron chi connectivity index (χ1n) is 16.6. The zero-order valence-corrected chi connectivity index (χ0v) is 26.7. The van der Waals surface area contributed by atoms with E-state index in [9.17, 15) is 0 Å². The van der Waals surface area contributed by atoms with Crippen LogP contribution in [0.25, 0.3) is 100 Å². The van der Waals surface area contributed by atoms with Gasteiger partial charge in [-0.2, -0.15) is 0 Å². The van der Waals surface area contributed by atoms with Gasteiger partial charge in [0.1, 0.15) is 22.3 Å². The highest BCUT2D eigenvalue weighted by Crippen LogP contribution is 2.42. The van der Waals surface area contributed by atoms with Crippen LogP contribution in [0.3, 0.4) is 0 Å². The maximum absolute atomic E-state index is 6.58. The van der Waals surface area contributed by atoms with Gasteiger partial charge in [0.25, 0.3) is 0 Å². The van der Waals surface area contributed by atoms with Crippen LogP contribution in [0.15, 0.2) is 173 Å². The fraction of sp³-hybridized carbons (Fsp3) is 0. The van der Waals surface area contributed by atoms with Crippen molar-refractivity contribution in [2.75, 3.05) is 0 Å². The molecule has 10 rings (SSSR count). The fourth-order valence-electron chi connectivity index (χ4n) is 6.92. The molecule has 0 bridgehead atoms. The van der Waals surface area contributed by atoms with Gasteiger partial charge >= 0.3 is 0 Å². The summed E-state index contributed by atoms with van der Waals surface area (Å²) in [4.78, 5) is 15.4. The quantitative estimate of drug-likeness (QED) is 0.187. The second-order valence-corrected chi connectivity index (χ2v) is 12.4. The summed E-state index contributed by atoms with van der Waals surface area (Å²) in [6.45, 7) is 0. The second kappa shape index (κ2) is 11.4. The smallest absolute Gasteiger partial charge is 0.164 e. The minimum atomic E-state index is 0.563. The Morgan fingerprint density at radius 3 is 1.60 bits per heavy atom. The van der Waals surface area contributed by atoms with Gasteiger partial charge in [0.15, 0.2) is 17.5 Å². The summed E-state index contributed by atoms with van der Waals surface area (Å²) in [5, 5.41) is 4.11. The Balaban J connectivity index is 1.20. The lowest BCUT2D eigenvalue weighted by Crippen LogP contribution is -2.00. The molecule has 0 unspecified atom stereocenters. The molecule has 3 aromatic heterocycles. The molecule has 50 heavy (non-hydrogen) atoms. The molecule has 5 heteroatoms. The monoisotopic (exact) mass is 641 g/mol. The van der Waals surface area contributed by atoms with Crippen LogP contribution in [0.1, 0.15) is 0 Å². The highest BCUT2D eigenvalue weighted by molar-refractivity contribution is 6.15. The molecular weight excluding hydrogens is 615 g/mol. The zero-order chi connectivity index (χ0) is 33.0. The van der Waals surface area contributed by atoms with Crippen molar-refractivity contribution in [3.8, 4) is 56.4 Å². The van der Waals surface area contributed by atoms with Crippen molar-refractivity contribution >= 4 is 43.9 Å². The minimum Gasteiger partial charge on any atom is -0.456 e. The van der Waals surface area contributed by atoms with Gasteiger partial charge in [-0.25, -0.2) is 15.0 Å². The average Bonchev–Trinajstić information content (AvgIpc) is 3.77. The molecule has 234 valence electrons. The van der Waals surface area contributed by atoms with Crippen molar-refractivity contribution in [2.45, 2.75) is 0 Å². The predicted octanol–water partition coefficient (Wildman–Crippen LogP) is 12.0. The van der Waals surface area contributed by atoms with Crippen LogP contribution in [0.2, 0.25) is 0 Å². The van der Waals surface area contributed by atoms with Crippen molar-refractivity contribution in [2.24, 2.45) is 0 Å². The summed E-state index contributed by atoms with van der Waals surface area (Å²) in [6.07, 6.45) is 0. The number of hydrogen-bond donors (Lipinski definition) is 0. The van der Waals surface area contributed by atoms with Crippen molar-refractivity contribution in [1.82, 2.24) is 15.0 Å². The molecule has 0 radical (unpaired) electrons. The van der Waals surface area contributed by atoms with E-state index in [1.807, 2.05) is 66.7 Å². The second-order valence-electron chi connectivity index (χ2n) is 12.4. The molecule has 0 aliphatic heterocycles. The van der Waals surface area contributed by atoms with E-state index >= 15 is 0 Å². The summed E-state index contributed by atoms with van der Waals surface area (Å²) >= 11 is 0. The van der Waals surface area contributed by atoms with E-state index in [4.69, 9.17) is 23.8 Å². The largest absolute Gasteiger partial charge is 0.456 e. The molecule has 7 aromatic carbocycles. The zero-order valence-electron chi connectivity index (χ0n) is 26.7. The third kappa shape index (κ3) is 4.67. The molecule has 0 aliphatic rings. The standard InChI is InChI=1S/C45H27N3O2/c1-3-11-28(12-4-1)29-19-21-31(22-20-29)43-46-44(32-23-24-35-34-15-7-9-17-38(34)49-40(35)27-32)48-45(47-43)37-26-25-33(30-13-5-2-6-14-30)42-41(37)36-16-8-10-18-39(36)50-42/h1-27H. The summed E-state index contributed by atoms with van der Waals surface area (Å²) in [5.74, 6) is 1.72. The van der Waals surface area contributed by atoms with Gasteiger partial charge in [0, 0.05) is 43.8 Å². The molecule has 0 atom stereocenters. The van der Waals surface area contributed by atoms with E-state index in [-0.39, 0.29) is 0 Å². The Morgan fingerprint density at radius 1 is 0.320 bits per heavy atom. The summed E-state index contributed by atoms with van der Waals surface area (Å²) < 4.78 is 12.8. The number of aromatic nitrogens is 3. The van der Waals surface area contributed by atoms with E-state index in [0.717, 1.165) is 82.8 Å². The molecule has 10 aromatic rings. The lowest BCUT2D eigenvalue weighted by atomic mass is 9.98. The number of benzene rings is 7. The molecule has 0 saturated carbocycles. The number of nitrogens with zero attached hydrogens (tertiary/aromatic N) is 3. The highest BCUT2D eigenvalue weighted by atomic mass is 16.3. The molecule has 0 N–H and O–H groups in total. The number of hydrogen-bond acceptors (Lipinski definition) is 5. The van der Waals surface area contributed by atoms with Crippen molar-refractivity contribution < 1.29 is 8.83 Å². The van der Waals surface area contributed by atoms with Crippen LogP contribution >= 0.6 is 0 Å².